The molecule has 5 nitrogen and oxygen atoms in total. The Kier molecular flexibility index (Phi) is 7.61. The summed E-state index contributed by atoms with van der Waals surface area (Å²) in [4.78, 5) is 15.0. The largest absolute Gasteiger partial charge is 0.494 e. The summed E-state index contributed by atoms with van der Waals surface area (Å²) in [5.41, 5.74) is 5.66. The molecular formula is C29H35NO4. The number of likely N-dealkylation sites (tertiary alicyclic amines) is 1. The van der Waals surface area contributed by atoms with Crippen LogP contribution in [0.4, 0.5) is 0 Å². The van der Waals surface area contributed by atoms with Crippen LogP contribution < -0.4 is 9.47 Å². The second-order valence-electron chi connectivity index (χ2n) is 8.86. The molecule has 0 unspecified atom stereocenters. The summed E-state index contributed by atoms with van der Waals surface area (Å²) < 4.78 is 17.7. The lowest BCUT2D eigenvalue weighted by atomic mass is 9.96. The molecule has 180 valence electrons. The van der Waals surface area contributed by atoms with E-state index in [9.17, 15) is 4.79 Å². The molecule has 34 heavy (non-hydrogen) atoms. The Bertz CT molecular complexity index is 1170. The minimum Gasteiger partial charge on any atom is -0.494 e. The molecule has 3 aromatic rings. The number of aryl methyl sites for hydroxylation is 1. The molecule has 1 amide bonds. The van der Waals surface area contributed by atoms with Gasteiger partial charge in [-0.1, -0.05) is 25.0 Å². The second kappa shape index (κ2) is 10.8. The van der Waals surface area contributed by atoms with E-state index >= 15 is 0 Å². The van der Waals surface area contributed by atoms with E-state index in [1.54, 1.807) is 12.3 Å². The van der Waals surface area contributed by atoms with Gasteiger partial charge in [0, 0.05) is 41.2 Å². The number of hydrogen-bond donors (Lipinski definition) is 0. The lowest BCUT2D eigenvalue weighted by Gasteiger charge is -2.19. The Labute approximate surface area is 202 Å². The van der Waals surface area contributed by atoms with E-state index in [1.165, 1.54) is 12.8 Å². The third-order valence-corrected chi connectivity index (χ3v) is 6.49. The number of rotatable bonds is 7. The van der Waals surface area contributed by atoms with Gasteiger partial charge in [-0.15, -0.1) is 0 Å². The molecule has 0 atom stereocenters. The first kappa shape index (κ1) is 23.9. The van der Waals surface area contributed by atoms with E-state index in [-0.39, 0.29) is 5.91 Å². The summed E-state index contributed by atoms with van der Waals surface area (Å²) in [6, 6.07) is 10.2. The smallest absolute Gasteiger partial charge is 0.246 e. The van der Waals surface area contributed by atoms with Gasteiger partial charge in [0.15, 0.2) is 0 Å². The van der Waals surface area contributed by atoms with Crippen molar-refractivity contribution in [2.24, 2.45) is 0 Å². The predicted molar refractivity (Wildman–Crippen MR) is 137 cm³/mol. The van der Waals surface area contributed by atoms with Crippen LogP contribution in [0.2, 0.25) is 0 Å². The lowest BCUT2D eigenvalue weighted by molar-refractivity contribution is -0.125. The number of allylic oxidation sites excluding steroid dienone is 1. The van der Waals surface area contributed by atoms with Gasteiger partial charge in [-0.05, 0) is 69.9 Å². The standard InChI is InChI=1S/C29H35NO4/c1-5-32-23-13-11-22(12-14-23)26-19-34-29-21(4)28(33-6-2)24(18-25(26)29)20(3)17-27(31)30-15-9-7-8-10-16-30/h11-14,17-19H,5-10,15-16H2,1-4H3/b20-17+. The third-order valence-electron chi connectivity index (χ3n) is 6.49. The maximum atomic E-state index is 13.1. The van der Waals surface area contributed by atoms with Crippen molar-refractivity contribution < 1.29 is 18.7 Å². The third kappa shape index (κ3) is 4.98. The van der Waals surface area contributed by atoms with Crippen molar-refractivity contribution in [3.05, 3.63) is 53.8 Å². The minimum absolute atomic E-state index is 0.0820. The van der Waals surface area contributed by atoms with Gasteiger partial charge in [-0.2, -0.15) is 0 Å². The molecule has 0 radical (unpaired) electrons. The summed E-state index contributed by atoms with van der Waals surface area (Å²) >= 11 is 0. The molecule has 4 rings (SSSR count). The van der Waals surface area contributed by atoms with Crippen LogP contribution in [-0.2, 0) is 4.79 Å². The first-order valence-corrected chi connectivity index (χ1v) is 12.4. The summed E-state index contributed by atoms with van der Waals surface area (Å²) in [6.07, 6.45) is 8.12. The maximum absolute atomic E-state index is 13.1. The number of nitrogens with zero attached hydrogens (tertiary/aromatic N) is 1. The van der Waals surface area contributed by atoms with Gasteiger partial charge in [0.1, 0.15) is 17.1 Å². The summed E-state index contributed by atoms with van der Waals surface area (Å²) in [7, 11) is 0. The van der Waals surface area contributed by atoms with Crippen LogP contribution in [0.3, 0.4) is 0 Å². The highest BCUT2D eigenvalue weighted by molar-refractivity contribution is 6.01. The summed E-state index contributed by atoms with van der Waals surface area (Å²) in [5, 5.41) is 1.01. The quantitative estimate of drug-likeness (QED) is 0.355. The van der Waals surface area contributed by atoms with Crippen molar-refractivity contribution in [2.75, 3.05) is 26.3 Å². The Balaban J connectivity index is 1.76. The summed E-state index contributed by atoms with van der Waals surface area (Å²) in [5.74, 6) is 1.71. The topological polar surface area (TPSA) is 51.9 Å². The van der Waals surface area contributed by atoms with Gasteiger partial charge in [-0.25, -0.2) is 0 Å². The zero-order chi connectivity index (χ0) is 24.1. The fourth-order valence-corrected chi connectivity index (χ4v) is 4.71. The predicted octanol–water partition coefficient (Wildman–Crippen LogP) is 7.01. The van der Waals surface area contributed by atoms with E-state index < -0.39 is 0 Å². The van der Waals surface area contributed by atoms with Crippen LogP contribution in [0.25, 0.3) is 27.7 Å². The number of carbonyl (C=O) groups excluding carboxylic acids is 1. The highest BCUT2D eigenvalue weighted by Crippen LogP contribution is 2.41. The van der Waals surface area contributed by atoms with Crippen LogP contribution >= 0.6 is 0 Å². The molecule has 0 N–H and O–H groups in total. The number of hydrogen-bond acceptors (Lipinski definition) is 4. The van der Waals surface area contributed by atoms with E-state index in [4.69, 9.17) is 13.9 Å². The van der Waals surface area contributed by atoms with Gasteiger partial charge < -0.3 is 18.8 Å². The van der Waals surface area contributed by atoms with Crippen LogP contribution in [0.1, 0.15) is 57.6 Å². The number of fused-ring (bicyclic) bond motifs is 1. The molecule has 1 aromatic heterocycles. The van der Waals surface area contributed by atoms with Crippen LogP contribution in [-0.4, -0.2) is 37.1 Å². The molecule has 1 saturated heterocycles. The van der Waals surface area contributed by atoms with Crippen LogP contribution in [0, 0.1) is 6.92 Å². The average Bonchev–Trinajstić information content (AvgIpc) is 3.07. The van der Waals surface area contributed by atoms with E-state index in [2.05, 4.69) is 6.07 Å². The molecule has 2 aromatic carbocycles. The zero-order valence-electron chi connectivity index (χ0n) is 20.8. The van der Waals surface area contributed by atoms with Crippen molar-refractivity contribution in [3.63, 3.8) is 0 Å². The number of carbonyl (C=O) groups is 1. The molecular weight excluding hydrogens is 426 g/mol. The SMILES string of the molecule is CCOc1ccc(-c2coc3c(C)c(OCC)c(/C(C)=C/C(=O)N4CCCCCC4)cc23)cc1. The lowest BCUT2D eigenvalue weighted by Crippen LogP contribution is -2.30. The highest BCUT2D eigenvalue weighted by Gasteiger charge is 2.20. The second-order valence-corrected chi connectivity index (χ2v) is 8.86. The number of amides is 1. The number of furan rings is 1. The fourth-order valence-electron chi connectivity index (χ4n) is 4.71. The van der Waals surface area contributed by atoms with Crippen molar-refractivity contribution >= 4 is 22.4 Å². The molecule has 1 aliphatic heterocycles. The van der Waals surface area contributed by atoms with Gasteiger partial charge >= 0.3 is 0 Å². The minimum atomic E-state index is 0.0820. The first-order valence-electron chi connectivity index (χ1n) is 12.4. The van der Waals surface area contributed by atoms with Gasteiger partial charge in [0.05, 0.1) is 19.5 Å². The zero-order valence-corrected chi connectivity index (χ0v) is 20.8. The molecule has 2 heterocycles. The highest BCUT2D eigenvalue weighted by atomic mass is 16.5. The van der Waals surface area contributed by atoms with E-state index in [1.807, 2.05) is 56.9 Å². The number of ether oxygens (including phenoxy) is 2. The molecule has 0 bridgehead atoms. The number of benzene rings is 2. The van der Waals surface area contributed by atoms with Crippen molar-refractivity contribution in [1.29, 1.82) is 0 Å². The average molecular weight is 462 g/mol. The Morgan fingerprint density at radius 3 is 2.35 bits per heavy atom. The van der Waals surface area contributed by atoms with Gasteiger partial charge in [0.2, 0.25) is 5.91 Å². The Hall–Kier alpha value is -3.21. The Morgan fingerprint density at radius 2 is 1.71 bits per heavy atom. The molecule has 1 fully saturated rings. The van der Waals surface area contributed by atoms with Crippen molar-refractivity contribution in [3.8, 4) is 22.6 Å². The Morgan fingerprint density at radius 1 is 1.03 bits per heavy atom. The molecule has 5 heteroatoms. The molecule has 0 saturated carbocycles. The van der Waals surface area contributed by atoms with Crippen molar-refractivity contribution in [1.82, 2.24) is 4.90 Å². The normalized spacial score (nSPS) is 14.8. The molecule has 1 aliphatic rings. The van der Waals surface area contributed by atoms with Gasteiger partial charge in [-0.3, -0.25) is 4.79 Å². The van der Waals surface area contributed by atoms with Crippen molar-refractivity contribution in [2.45, 2.75) is 53.4 Å². The van der Waals surface area contributed by atoms with Crippen LogP contribution in [0.5, 0.6) is 11.5 Å². The van der Waals surface area contributed by atoms with E-state index in [0.717, 1.165) is 76.2 Å². The first-order chi connectivity index (χ1) is 16.5. The molecule has 0 aliphatic carbocycles. The maximum Gasteiger partial charge on any atom is 0.246 e. The summed E-state index contributed by atoms with van der Waals surface area (Å²) in [6.45, 7) is 10.8. The van der Waals surface area contributed by atoms with E-state index in [0.29, 0.717) is 13.2 Å². The van der Waals surface area contributed by atoms with Gasteiger partial charge in [0.25, 0.3) is 0 Å². The monoisotopic (exact) mass is 461 g/mol. The fraction of sp³-hybridized carbons (Fsp3) is 0.414. The van der Waals surface area contributed by atoms with Crippen LogP contribution in [0.15, 0.2) is 47.1 Å². The molecule has 0 spiro atoms.